The molecule has 2 saturated heterocycles. The fraction of sp³-hybridized carbons (Fsp3) is 0.818. The highest BCUT2D eigenvalue weighted by molar-refractivity contribution is 5.80. The molecule has 6 heteroatoms. The van der Waals surface area contributed by atoms with Crippen LogP contribution in [0.3, 0.4) is 0 Å². The predicted octanol–water partition coefficient (Wildman–Crippen LogP) is -1.65. The molecule has 2 amide bonds. The summed E-state index contributed by atoms with van der Waals surface area (Å²) >= 11 is 0. The van der Waals surface area contributed by atoms with Gasteiger partial charge in [-0.25, -0.2) is 0 Å². The van der Waals surface area contributed by atoms with E-state index in [1.165, 1.54) is 0 Å². The molecule has 2 aliphatic rings. The third-order valence-electron chi connectivity index (χ3n) is 3.52. The summed E-state index contributed by atoms with van der Waals surface area (Å²) in [6.45, 7) is 3.74. The van der Waals surface area contributed by atoms with Crippen molar-refractivity contribution in [2.24, 2.45) is 11.8 Å². The van der Waals surface area contributed by atoms with Crippen LogP contribution in [0.5, 0.6) is 0 Å². The zero-order chi connectivity index (χ0) is 12.3. The molecule has 0 aromatic carbocycles. The number of carbonyl (C=O) groups excluding carboxylic acids is 2. The Morgan fingerprint density at radius 3 is 2.65 bits per heavy atom. The maximum absolute atomic E-state index is 11.6. The third-order valence-corrected chi connectivity index (χ3v) is 3.52. The van der Waals surface area contributed by atoms with E-state index in [-0.39, 0.29) is 23.7 Å². The predicted molar refractivity (Wildman–Crippen MR) is 63.1 cm³/mol. The minimum atomic E-state index is 0.0715. The molecule has 0 aromatic heterocycles. The fourth-order valence-electron chi connectivity index (χ4n) is 2.20. The first kappa shape index (κ1) is 12.3. The van der Waals surface area contributed by atoms with Crippen LogP contribution in [0.4, 0.5) is 0 Å². The van der Waals surface area contributed by atoms with Gasteiger partial charge in [-0.15, -0.1) is 0 Å². The Hall–Kier alpha value is -1.14. The summed E-state index contributed by atoms with van der Waals surface area (Å²) in [4.78, 5) is 25.1. The molecule has 96 valence electrons. The van der Waals surface area contributed by atoms with Gasteiger partial charge in [0.1, 0.15) is 0 Å². The molecule has 6 nitrogen and oxygen atoms in total. The molecule has 0 spiro atoms. The summed E-state index contributed by atoms with van der Waals surface area (Å²) in [7, 11) is 1.66. The van der Waals surface area contributed by atoms with Gasteiger partial charge in [-0.1, -0.05) is 0 Å². The Balaban J connectivity index is 1.67. The lowest BCUT2D eigenvalue weighted by molar-refractivity contribution is -0.127. The number of nitrogens with zero attached hydrogens (tertiary/aromatic N) is 1. The minimum absolute atomic E-state index is 0.0715. The molecule has 2 fully saturated rings. The van der Waals surface area contributed by atoms with Crippen molar-refractivity contribution >= 4 is 11.8 Å². The maximum atomic E-state index is 11.6. The van der Waals surface area contributed by atoms with Gasteiger partial charge in [0.05, 0.1) is 18.5 Å². The Labute approximate surface area is 101 Å². The largest absolute Gasteiger partial charge is 0.359 e. The van der Waals surface area contributed by atoms with E-state index in [0.29, 0.717) is 6.67 Å². The van der Waals surface area contributed by atoms with Crippen molar-refractivity contribution in [1.29, 1.82) is 0 Å². The van der Waals surface area contributed by atoms with E-state index < -0.39 is 0 Å². The molecule has 3 N–H and O–H groups in total. The van der Waals surface area contributed by atoms with E-state index in [9.17, 15) is 9.59 Å². The van der Waals surface area contributed by atoms with Gasteiger partial charge in [0.2, 0.25) is 11.8 Å². The van der Waals surface area contributed by atoms with Crippen molar-refractivity contribution in [2.75, 3.05) is 39.9 Å². The van der Waals surface area contributed by atoms with Crippen LogP contribution in [0, 0.1) is 11.8 Å². The number of nitrogens with one attached hydrogen (secondary N) is 3. The van der Waals surface area contributed by atoms with Crippen LogP contribution in [0.25, 0.3) is 0 Å². The van der Waals surface area contributed by atoms with Crippen LogP contribution in [-0.4, -0.2) is 56.6 Å². The van der Waals surface area contributed by atoms with Crippen LogP contribution in [0.15, 0.2) is 0 Å². The van der Waals surface area contributed by atoms with Gasteiger partial charge < -0.3 is 16.0 Å². The van der Waals surface area contributed by atoms with Gasteiger partial charge >= 0.3 is 0 Å². The molecule has 2 aliphatic heterocycles. The summed E-state index contributed by atoms with van der Waals surface area (Å²) in [5, 5.41) is 8.66. The smallest absolute Gasteiger partial charge is 0.226 e. The van der Waals surface area contributed by atoms with E-state index in [0.717, 1.165) is 32.6 Å². The maximum Gasteiger partial charge on any atom is 0.226 e. The van der Waals surface area contributed by atoms with Gasteiger partial charge in [0.15, 0.2) is 0 Å². The summed E-state index contributed by atoms with van der Waals surface area (Å²) in [6, 6.07) is 0. The van der Waals surface area contributed by atoms with Gasteiger partial charge in [-0.2, -0.15) is 0 Å². The lowest BCUT2D eigenvalue weighted by Crippen LogP contribution is -2.52. The van der Waals surface area contributed by atoms with Crippen LogP contribution < -0.4 is 16.0 Å². The Morgan fingerprint density at radius 1 is 1.29 bits per heavy atom. The van der Waals surface area contributed by atoms with E-state index in [4.69, 9.17) is 0 Å². The first-order chi connectivity index (χ1) is 8.20. The Bertz CT molecular complexity index is 304. The molecular formula is C11H20N4O2. The first-order valence-electron chi connectivity index (χ1n) is 6.13. The monoisotopic (exact) mass is 240 g/mol. The van der Waals surface area contributed by atoms with Gasteiger partial charge in [-0.3, -0.25) is 14.5 Å². The minimum Gasteiger partial charge on any atom is -0.359 e. The normalized spacial score (nSPS) is 25.4. The van der Waals surface area contributed by atoms with Crippen molar-refractivity contribution < 1.29 is 9.59 Å². The Kier molecular flexibility index (Phi) is 3.96. The SMILES string of the molecule is CNC(=O)C1CCN(CNC(=O)C2CNC2)C1. The number of likely N-dealkylation sites (tertiary alicyclic amines) is 1. The summed E-state index contributed by atoms with van der Waals surface area (Å²) in [5.74, 6) is 0.420. The quantitative estimate of drug-likeness (QED) is 0.550. The van der Waals surface area contributed by atoms with E-state index >= 15 is 0 Å². The molecule has 0 radical (unpaired) electrons. The van der Waals surface area contributed by atoms with Crippen molar-refractivity contribution in [2.45, 2.75) is 6.42 Å². The Morgan fingerprint density at radius 2 is 2.06 bits per heavy atom. The van der Waals surface area contributed by atoms with Gasteiger partial charge in [0, 0.05) is 33.2 Å². The van der Waals surface area contributed by atoms with Crippen LogP contribution in [-0.2, 0) is 9.59 Å². The number of rotatable bonds is 4. The molecule has 0 bridgehead atoms. The highest BCUT2D eigenvalue weighted by Gasteiger charge is 2.29. The van der Waals surface area contributed by atoms with Crippen LogP contribution in [0.2, 0.25) is 0 Å². The molecule has 1 atom stereocenters. The van der Waals surface area contributed by atoms with Crippen LogP contribution in [0.1, 0.15) is 6.42 Å². The average Bonchev–Trinajstić information content (AvgIpc) is 2.71. The lowest BCUT2D eigenvalue weighted by Gasteiger charge is -2.27. The average molecular weight is 240 g/mol. The highest BCUT2D eigenvalue weighted by Crippen LogP contribution is 2.15. The second kappa shape index (κ2) is 5.46. The molecule has 0 aliphatic carbocycles. The number of hydrogen-bond acceptors (Lipinski definition) is 4. The molecule has 0 aromatic rings. The van der Waals surface area contributed by atoms with Crippen molar-refractivity contribution in [3.63, 3.8) is 0 Å². The second-order valence-electron chi connectivity index (χ2n) is 4.73. The number of carbonyl (C=O) groups is 2. The number of amides is 2. The molecule has 1 unspecified atom stereocenters. The number of hydrogen-bond donors (Lipinski definition) is 3. The molecule has 17 heavy (non-hydrogen) atoms. The second-order valence-corrected chi connectivity index (χ2v) is 4.73. The van der Waals surface area contributed by atoms with Crippen molar-refractivity contribution in [3.05, 3.63) is 0 Å². The van der Waals surface area contributed by atoms with E-state index in [1.807, 2.05) is 0 Å². The molecule has 2 heterocycles. The highest BCUT2D eigenvalue weighted by atomic mass is 16.2. The third kappa shape index (κ3) is 2.95. The molecule has 2 rings (SSSR count). The van der Waals surface area contributed by atoms with E-state index in [2.05, 4.69) is 20.9 Å². The summed E-state index contributed by atoms with van der Waals surface area (Å²) in [5.41, 5.74) is 0. The molecule has 0 saturated carbocycles. The van der Waals surface area contributed by atoms with E-state index in [1.54, 1.807) is 7.05 Å². The molecular weight excluding hydrogens is 220 g/mol. The topological polar surface area (TPSA) is 73.5 Å². The lowest BCUT2D eigenvalue weighted by atomic mass is 10.0. The van der Waals surface area contributed by atoms with Gasteiger partial charge in [-0.05, 0) is 6.42 Å². The van der Waals surface area contributed by atoms with Crippen LogP contribution >= 0.6 is 0 Å². The van der Waals surface area contributed by atoms with Gasteiger partial charge in [0.25, 0.3) is 0 Å². The zero-order valence-electron chi connectivity index (χ0n) is 10.2. The van der Waals surface area contributed by atoms with Crippen molar-refractivity contribution in [3.8, 4) is 0 Å². The first-order valence-corrected chi connectivity index (χ1v) is 6.13. The summed E-state index contributed by atoms with van der Waals surface area (Å²) in [6.07, 6.45) is 0.876. The zero-order valence-corrected chi connectivity index (χ0v) is 10.2. The fourth-order valence-corrected chi connectivity index (χ4v) is 2.20. The standard InChI is InChI=1S/C11H20N4O2/c1-12-10(16)8-2-3-15(6-8)7-14-11(17)9-4-13-5-9/h8-9,13H,2-7H2,1H3,(H,12,16)(H,14,17). The van der Waals surface area contributed by atoms with Crippen molar-refractivity contribution in [1.82, 2.24) is 20.9 Å². The summed E-state index contributed by atoms with van der Waals surface area (Å²) < 4.78 is 0.